The molecule has 78 valence electrons. The average Bonchev–Trinajstić information content (AvgIpc) is 1.81. The highest BCUT2D eigenvalue weighted by Crippen LogP contribution is 2.25. The summed E-state index contributed by atoms with van der Waals surface area (Å²) in [6, 6.07) is 0. The van der Waals surface area contributed by atoms with Gasteiger partial charge in [0.15, 0.2) is 6.10 Å². The van der Waals surface area contributed by atoms with Gasteiger partial charge in [0.1, 0.15) is 0 Å². The number of carbonyl (C=O) groups is 1. The van der Waals surface area contributed by atoms with Gasteiger partial charge in [0.2, 0.25) is 0 Å². The van der Waals surface area contributed by atoms with Crippen molar-refractivity contribution in [2.75, 3.05) is 0 Å². The van der Waals surface area contributed by atoms with Crippen LogP contribution in [0.5, 0.6) is 0 Å². The first-order chi connectivity index (χ1) is 5.72. The Bertz CT molecular complexity index is 177. The quantitative estimate of drug-likeness (QED) is 0.571. The van der Waals surface area contributed by atoms with Crippen LogP contribution in [0.15, 0.2) is 0 Å². The lowest BCUT2D eigenvalue weighted by molar-refractivity contribution is -0.171. The number of hydrogen-bond donors (Lipinski definition) is 1. The minimum absolute atomic E-state index is 1.99. The number of rotatable bonds is 3. The summed E-state index contributed by atoms with van der Waals surface area (Å²) in [5.41, 5.74) is 0. The van der Waals surface area contributed by atoms with Crippen LogP contribution in [0, 0.1) is 0 Å². The summed E-state index contributed by atoms with van der Waals surface area (Å²) < 4.78 is 61.3. The summed E-state index contributed by atoms with van der Waals surface area (Å²) in [5, 5.41) is 7.81. The van der Waals surface area contributed by atoms with Gasteiger partial charge >= 0.3 is 12.3 Å². The molecule has 0 saturated heterocycles. The first-order valence-electron chi connectivity index (χ1n) is 2.97. The van der Waals surface area contributed by atoms with Crippen molar-refractivity contribution >= 4 is 6.16 Å². The van der Waals surface area contributed by atoms with Gasteiger partial charge in [-0.05, 0) is 0 Å². The van der Waals surface area contributed by atoms with Gasteiger partial charge in [0.05, 0.1) is 6.42 Å². The smallest absolute Gasteiger partial charge is 0.450 e. The maximum absolute atomic E-state index is 11.7. The molecule has 0 saturated carbocycles. The number of alkyl halides is 5. The second-order valence-electron chi connectivity index (χ2n) is 2.08. The molecule has 0 spiro atoms. The maximum atomic E-state index is 11.7. The first kappa shape index (κ1) is 11.9. The standard InChI is InChI=1S/C5H5F5O3/c6-3(7)2(13-4(11)12)1-5(8,9)10/h2-3H,1H2,(H,11,12). The Kier molecular flexibility index (Phi) is 3.89. The van der Waals surface area contributed by atoms with Gasteiger partial charge in [0.25, 0.3) is 6.43 Å². The average molecular weight is 208 g/mol. The lowest BCUT2D eigenvalue weighted by Gasteiger charge is -2.16. The Balaban J connectivity index is 4.19. The van der Waals surface area contributed by atoms with E-state index < -0.39 is 31.3 Å². The molecule has 0 aromatic carbocycles. The van der Waals surface area contributed by atoms with Crippen molar-refractivity contribution in [1.82, 2.24) is 0 Å². The van der Waals surface area contributed by atoms with E-state index in [0.29, 0.717) is 0 Å². The van der Waals surface area contributed by atoms with Crippen molar-refractivity contribution in [2.24, 2.45) is 0 Å². The van der Waals surface area contributed by atoms with E-state index in [9.17, 15) is 26.7 Å². The second kappa shape index (κ2) is 4.24. The van der Waals surface area contributed by atoms with Crippen LogP contribution in [0.3, 0.4) is 0 Å². The van der Waals surface area contributed by atoms with Crippen LogP contribution in [0.25, 0.3) is 0 Å². The van der Waals surface area contributed by atoms with Crippen molar-refractivity contribution in [2.45, 2.75) is 25.1 Å². The molecule has 8 heteroatoms. The van der Waals surface area contributed by atoms with E-state index in [-0.39, 0.29) is 0 Å². The highest BCUT2D eigenvalue weighted by molar-refractivity contribution is 5.57. The van der Waals surface area contributed by atoms with Crippen LogP contribution >= 0.6 is 0 Å². The summed E-state index contributed by atoms with van der Waals surface area (Å²) >= 11 is 0. The molecule has 0 aliphatic rings. The van der Waals surface area contributed by atoms with E-state index in [1.807, 2.05) is 0 Å². The summed E-state index contributed by atoms with van der Waals surface area (Å²) in [4.78, 5) is 9.68. The molecular formula is C5H5F5O3. The summed E-state index contributed by atoms with van der Waals surface area (Å²) in [7, 11) is 0. The minimum atomic E-state index is -4.88. The van der Waals surface area contributed by atoms with E-state index in [1.165, 1.54) is 0 Å². The third-order valence-corrected chi connectivity index (χ3v) is 0.966. The van der Waals surface area contributed by atoms with Crippen molar-refractivity contribution in [3.63, 3.8) is 0 Å². The number of carboxylic acid groups (broad SMARTS) is 1. The Morgan fingerprint density at radius 3 is 2.08 bits per heavy atom. The summed E-state index contributed by atoms with van der Waals surface area (Å²) in [6.07, 6.45) is -15.2. The number of ether oxygens (including phenoxy) is 1. The normalized spacial score (nSPS) is 14.3. The van der Waals surface area contributed by atoms with Crippen LogP contribution < -0.4 is 0 Å². The highest BCUT2D eigenvalue weighted by Gasteiger charge is 2.38. The van der Waals surface area contributed by atoms with E-state index in [0.717, 1.165) is 0 Å². The summed E-state index contributed by atoms with van der Waals surface area (Å²) in [6.45, 7) is 0. The number of hydrogen-bond acceptors (Lipinski definition) is 2. The van der Waals surface area contributed by atoms with Gasteiger partial charge in [-0.15, -0.1) is 0 Å². The SMILES string of the molecule is O=C(O)OC(CC(F)(F)F)C(F)F. The monoisotopic (exact) mass is 208 g/mol. The van der Waals surface area contributed by atoms with E-state index in [1.54, 1.807) is 0 Å². The molecule has 0 amide bonds. The lowest BCUT2D eigenvalue weighted by atomic mass is 10.2. The Morgan fingerprint density at radius 1 is 1.38 bits per heavy atom. The first-order valence-corrected chi connectivity index (χ1v) is 2.97. The highest BCUT2D eigenvalue weighted by atomic mass is 19.4. The largest absolute Gasteiger partial charge is 0.506 e. The molecule has 0 rings (SSSR count). The zero-order valence-electron chi connectivity index (χ0n) is 6.02. The lowest BCUT2D eigenvalue weighted by Crippen LogP contribution is -2.30. The third-order valence-electron chi connectivity index (χ3n) is 0.966. The molecule has 1 atom stereocenters. The Labute approximate surface area is 69.1 Å². The molecule has 13 heavy (non-hydrogen) atoms. The fourth-order valence-electron chi connectivity index (χ4n) is 0.540. The second-order valence-corrected chi connectivity index (χ2v) is 2.08. The van der Waals surface area contributed by atoms with Crippen molar-refractivity contribution in [3.05, 3.63) is 0 Å². The molecular weight excluding hydrogens is 203 g/mol. The third kappa shape index (κ3) is 6.12. The van der Waals surface area contributed by atoms with Gasteiger partial charge in [0, 0.05) is 0 Å². The molecule has 0 radical (unpaired) electrons. The van der Waals surface area contributed by atoms with Gasteiger partial charge in [-0.3, -0.25) is 0 Å². The molecule has 0 aliphatic carbocycles. The fraction of sp³-hybridized carbons (Fsp3) is 0.800. The molecule has 1 unspecified atom stereocenters. The van der Waals surface area contributed by atoms with E-state index in [2.05, 4.69) is 4.74 Å². The zero-order valence-corrected chi connectivity index (χ0v) is 6.02. The maximum Gasteiger partial charge on any atom is 0.506 e. The predicted octanol–water partition coefficient (Wildman–Crippen LogP) is 2.27. The molecule has 0 aliphatic heterocycles. The van der Waals surface area contributed by atoms with Crippen LogP contribution in [-0.4, -0.2) is 30.0 Å². The summed E-state index contributed by atoms with van der Waals surface area (Å²) in [5.74, 6) is 0. The molecule has 1 N–H and O–H groups in total. The van der Waals surface area contributed by atoms with Gasteiger partial charge < -0.3 is 9.84 Å². The van der Waals surface area contributed by atoms with Crippen LogP contribution in [-0.2, 0) is 4.74 Å². The molecule has 0 fully saturated rings. The fourth-order valence-corrected chi connectivity index (χ4v) is 0.540. The van der Waals surface area contributed by atoms with Gasteiger partial charge in [-0.1, -0.05) is 0 Å². The molecule has 0 bridgehead atoms. The van der Waals surface area contributed by atoms with Crippen LogP contribution in [0.2, 0.25) is 0 Å². The van der Waals surface area contributed by atoms with Crippen molar-refractivity contribution in [1.29, 1.82) is 0 Å². The minimum Gasteiger partial charge on any atom is -0.450 e. The van der Waals surface area contributed by atoms with Crippen LogP contribution in [0.4, 0.5) is 26.7 Å². The zero-order chi connectivity index (χ0) is 10.6. The molecule has 0 heterocycles. The van der Waals surface area contributed by atoms with Crippen LogP contribution in [0.1, 0.15) is 6.42 Å². The Morgan fingerprint density at radius 2 is 1.85 bits per heavy atom. The Hall–Kier alpha value is -1.08. The predicted molar refractivity (Wildman–Crippen MR) is 29.6 cm³/mol. The van der Waals surface area contributed by atoms with Crippen molar-refractivity contribution in [3.8, 4) is 0 Å². The topological polar surface area (TPSA) is 46.5 Å². The molecule has 0 aromatic heterocycles. The molecule has 0 aromatic rings. The van der Waals surface area contributed by atoms with E-state index in [4.69, 9.17) is 5.11 Å². The number of halogens is 5. The van der Waals surface area contributed by atoms with Gasteiger partial charge in [-0.25, -0.2) is 13.6 Å². The van der Waals surface area contributed by atoms with Crippen molar-refractivity contribution < 1.29 is 36.6 Å². The van der Waals surface area contributed by atoms with E-state index >= 15 is 0 Å². The molecule has 3 nitrogen and oxygen atoms in total. The van der Waals surface area contributed by atoms with Gasteiger partial charge in [-0.2, -0.15) is 13.2 Å².